The molecule has 7 heteroatoms. The molecule has 0 unspecified atom stereocenters. The van der Waals surface area contributed by atoms with E-state index < -0.39 is 0 Å². The molecule has 2 aromatic rings. The average molecular weight is 437 g/mol. The zero-order valence-electron chi connectivity index (χ0n) is 18.9. The predicted molar refractivity (Wildman–Crippen MR) is 128 cm³/mol. The minimum Gasteiger partial charge on any atom is -0.376 e. The number of rotatable bonds is 7. The first-order valence-electron chi connectivity index (χ1n) is 11.3. The quantitative estimate of drug-likeness (QED) is 0.600. The summed E-state index contributed by atoms with van der Waals surface area (Å²) in [6.45, 7) is 5.42. The zero-order valence-corrected chi connectivity index (χ0v) is 18.9. The smallest absolute Gasteiger partial charge is 0.253 e. The normalized spacial score (nSPS) is 13.8. The van der Waals surface area contributed by atoms with E-state index in [0.717, 1.165) is 37.2 Å². The van der Waals surface area contributed by atoms with Crippen LogP contribution in [-0.4, -0.2) is 42.3 Å². The molecule has 3 amide bonds. The van der Waals surface area contributed by atoms with Crippen LogP contribution in [0.2, 0.25) is 0 Å². The first-order chi connectivity index (χ1) is 15.5. The van der Waals surface area contributed by atoms with E-state index >= 15 is 0 Å². The standard InChI is InChI=1S/C25H32N4O3/c1-3-23(30)28-22-16-21(11-8-18(22)2)27-24(31)17-26-20-12-9-19(10-13-20)25(32)29-14-6-4-5-7-15-29/h8-13,16,26H,3-7,14-15,17H2,1-2H3,(H,27,31)(H,28,30). The largest absolute Gasteiger partial charge is 0.376 e. The van der Waals surface area contributed by atoms with E-state index in [0.29, 0.717) is 23.4 Å². The summed E-state index contributed by atoms with van der Waals surface area (Å²) in [5, 5.41) is 8.75. The lowest BCUT2D eigenvalue weighted by Gasteiger charge is -2.20. The maximum atomic E-state index is 12.7. The molecule has 1 heterocycles. The van der Waals surface area contributed by atoms with Crippen LogP contribution in [0.1, 0.15) is 54.9 Å². The molecule has 2 aromatic carbocycles. The Morgan fingerprint density at radius 2 is 1.50 bits per heavy atom. The van der Waals surface area contributed by atoms with Crippen molar-refractivity contribution in [2.24, 2.45) is 0 Å². The first kappa shape index (κ1) is 23.3. The number of aryl methyl sites for hydroxylation is 1. The second-order valence-corrected chi connectivity index (χ2v) is 8.12. The average Bonchev–Trinajstić information content (AvgIpc) is 3.09. The van der Waals surface area contributed by atoms with Gasteiger partial charge in [-0.05, 0) is 61.7 Å². The third-order valence-electron chi connectivity index (χ3n) is 5.59. The molecule has 0 radical (unpaired) electrons. The van der Waals surface area contributed by atoms with Crippen LogP contribution in [-0.2, 0) is 9.59 Å². The molecule has 1 aliphatic rings. The number of nitrogens with zero attached hydrogens (tertiary/aromatic N) is 1. The van der Waals surface area contributed by atoms with E-state index in [9.17, 15) is 14.4 Å². The van der Waals surface area contributed by atoms with Gasteiger partial charge in [0.15, 0.2) is 0 Å². The summed E-state index contributed by atoms with van der Waals surface area (Å²) < 4.78 is 0. The Morgan fingerprint density at radius 1 is 0.844 bits per heavy atom. The van der Waals surface area contributed by atoms with Crippen LogP contribution in [0, 0.1) is 6.92 Å². The number of likely N-dealkylation sites (tertiary alicyclic amines) is 1. The van der Waals surface area contributed by atoms with E-state index in [1.807, 2.05) is 30.0 Å². The summed E-state index contributed by atoms with van der Waals surface area (Å²) in [6, 6.07) is 12.7. The molecule has 0 aromatic heterocycles. The third kappa shape index (κ3) is 6.57. The lowest BCUT2D eigenvalue weighted by atomic mass is 10.1. The number of carbonyl (C=O) groups is 3. The Kier molecular flexibility index (Phi) is 8.25. The first-order valence-corrected chi connectivity index (χ1v) is 11.3. The monoisotopic (exact) mass is 436 g/mol. The van der Waals surface area contributed by atoms with Crippen molar-refractivity contribution in [3.05, 3.63) is 53.6 Å². The maximum absolute atomic E-state index is 12.7. The molecule has 3 rings (SSSR count). The van der Waals surface area contributed by atoms with Gasteiger partial charge >= 0.3 is 0 Å². The molecule has 0 bridgehead atoms. The van der Waals surface area contributed by atoms with Gasteiger partial charge in [0.25, 0.3) is 5.91 Å². The van der Waals surface area contributed by atoms with Crippen LogP contribution in [0.25, 0.3) is 0 Å². The van der Waals surface area contributed by atoms with Gasteiger partial charge in [-0.2, -0.15) is 0 Å². The van der Waals surface area contributed by atoms with Crippen LogP contribution in [0.4, 0.5) is 17.1 Å². The minimum atomic E-state index is -0.202. The number of hydrogen-bond donors (Lipinski definition) is 3. The predicted octanol–water partition coefficient (Wildman–Crippen LogP) is 4.41. The van der Waals surface area contributed by atoms with Gasteiger partial charge in [-0.1, -0.05) is 25.8 Å². The maximum Gasteiger partial charge on any atom is 0.253 e. The number of benzene rings is 2. The summed E-state index contributed by atoms with van der Waals surface area (Å²) in [6.07, 6.45) is 4.89. The topological polar surface area (TPSA) is 90.5 Å². The summed E-state index contributed by atoms with van der Waals surface area (Å²) >= 11 is 0. The number of nitrogens with one attached hydrogen (secondary N) is 3. The van der Waals surface area contributed by atoms with Gasteiger partial charge in [0.05, 0.1) is 6.54 Å². The molecular formula is C25H32N4O3. The Balaban J connectivity index is 1.52. The molecule has 7 nitrogen and oxygen atoms in total. The number of hydrogen-bond acceptors (Lipinski definition) is 4. The van der Waals surface area contributed by atoms with E-state index in [4.69, 9.17) is 0 Å². The van der Waals surface area contributed by atoms with Gasteiger partial charge < -0.3 is 20.9 Å². The molecule has 1 saturated heterocycles. The Hall–Kier alpha value is -3.35. The molecule has 1 aliphatic heterocycles. The SMILES string of the molecule is CCC(=O)Nc1cc(NC(=O)CNc2ccc(C(=O)N3CCCCCC3)cc2)ccc1C. The number of anilines is 3. The molecule has 170 valence electrons. The van der Waals surface area contributed by atoms with Crippen LogP contribution in [0.3, 0.4) is 0 Å². The Bertz CT molecular complexity index is 948. The summed E-state index contributed by atoms with van der Waals surface area (Å²) in [4.78, 5) is 38.6. The van der Waals surface area contributed by atoms with Crippen LogP contribution in [0.15, 0.2) is 42.5 Å². The van der Waals surface area contributed by atoms with Crippen molar-refractivity contribution in [2.45, 2.75) is 46.0 Å². The Morgan fingerprint density at radius 3 is 2.16 bits per heavy atom. The molecule has 0 saturated carbocycles. The fourth-order valence-electron chi connectivity index (χ4n) is 3.65. The van der Waals surface area contributed by atoms with Gasteiger partial charge in [-0.3, -0.25) is 14.4 Å². The van der Waals surface area contributed by atoms with Crippen LogP contribution < -0.4 is 16.0 Å². The summed E-state index contributed by atoms with van der Waals surface area (Å²) in [5.41, 5.74) is 3.67. The zero-order chi connectivity index (χ0) is 22.9. The van der Waals surface area contributed by atoms with Crippen molar-refractivity contribution in [1.82, 2.24) is 4.90 Å². The third-order valence-corrected chi connectivity index (χ3v) is 5.59. The summed E-state index contributed by atoms with van der Waals surface area (Å²) in [5.74, 6) is -0.205. The van der Waals surface area contributed by atoms with Gasteiger partial charge in [0, 0.05) is 42.1 Å². The highest BCUT2D eigenvalue weighted by Crippen LogP contribution is 2.21. The van der Waals surface area contributed by atoms with E-state index in [1.165, 1.54) is 12.8 Å². The highest BCUT2D eigenvalue weighted by molar-refractivity contribution is 5.97. The van der Waals surface area contributed by atoms with Gasteiger partial charge in [-0.15, -0.1) is 0 Å². The minimum absolute atomic E-state index is 0.0709. The fourth-order valence-corrected chi connectivity index (χ4v) is 3.65. The highest BCUT2D eigenvalue weighted by atomic mass is 16.2. The van der Waals surface area contributed by atoms with Crippen molar-refractivity contribution in [1.29, 1.82) is 0 Å². The van der Waals surface area contributed by atoms with E-state index in [2.05, 4.69) is 16.0 Å². The lowest BCUT2D eigenvalue weighted by molar-refractivity contribution is -0.116. The number of amides is 3. The Labute approximate surface area is 189 Å². The van der Waals surface area contributed by atoms with Crippen LogP contribution >= 0.6 is 0 Å². The molecule has 0 aliphatic carbocycles. The van der Waals surface area contributed by atoms with E-state index in [-0.39, 0.29) is 24.3 Å². The van der Waals surface area contributed by atoms with Crippen molar-refractivity contribution < 1.29 is 14.4 Å². The molecule has 0 spiro atoms. The van der Waals surface area contributed by atoms with E-state index in [1.54, 1.807) is 31.2 Å². The molecule has 1 fully saturated rings. The van der Waals surface area contributed by atoms with Gasteiger partial charge in [0.2, 0.25) is 11.8 Å². The van der Waals surface area contributed by atoms with Gasteiger partial charge in [0.1, 0.15) is 0 Å². The molecular weight excluding hydrogens is 404 g/mol. The van der Waals surface area contributed by atoms with Crippen molar-refractivity contribution in [3.63, 3.8) is 0 Å². The second-order valence-electron chi connectivity index (χ2n) is 8.12. The molecule has 32 heavy (non-hydrogen) atoms. The molecule has 3 N–H and O–H groups in total. The molecule has 0 atom stereocenters. The van der Waals surface area contributed by atoms with Crippen LogP contribution in [0.5, 0.6) is 0 Å². The highest BCUT2D eigenvalue weighted by Gasteiger charge is 2.17. The second kappa shape index (κ2) is 11.3. The summed E-state index contributed by atoms with van der Waals surface area (Å²) in [7, 11) is 0. The van der Waals surface area contributed by atoms with Gasteiger partial charge in [-0.25, -0.2) is 0 Å². The fraction of sp³-hybridized carbons (Fsp3) is 0.400. The lowest BCUT2D eigenvalue weighted by Crippen LogP contribution is -2.31. The van der Waals surface area contributed by atoms with Crippen molar-refractivity contribution >= 4 is 34.8 Å². The van der Waals surface area contributed by atoms with Crippen molar-refractivity contribution in [2.75, 3.05) is 35.6 Å². The number of carbonyl (C=O) groups excluding carboxylic acids is 3. The van der Waals surface area contributed by atoms with Crippen molar-refractivity contribution in [3.8, 4) is 0 Å².